The molecule has 0 heterocycles. The third kappa shape index (κ3) is 29.1. The summed E-state index contributed by atoms with van der Waals surface area (Å²) in [5, 5.41) is 69.7. The smallest absolute Gasteiger partial charge is 0.306 e. The van der Waals surface area contributed by atoms with E-state index in [9.17, 15) is 40.2 Å². The van der Waals surface area contributed by atoms with Crippen molar-refractivity contribution in [2.75, 3.05) is 13.2 Å². The van der Waals surface area contributed by atoms with Crippen molar-refractivity contribution in [1.29, 1.82) is 0 Å². The number of hydrogen-bond donors (Lipinski definition) is 6. The van der Waals surface area contributed by atoms with Gasteiger partial charge in [-0.25, -0.2) is 0 Å². The fourth-order valence-electron chi connectivity index (χ4n) is 15.6. The molecule has 0 saturated carbocycles. The van der Waals surface area contributed by atoms with Crippen LogP contribution in [0.4, 0.5) is 0 Å². The molecule has 6 aromatic carbocycles. The Bertz CT molecular complexity index is 4190. The van der Waals surface area contributed by atoms with Gasteiger partial charge in [-0.05, 0) is 210 Å². The molecule has 4 atom stereocenters. The van der Waals surface area contributed by atoms with Crippen LogP contribution in [0, 0.1) is 0 Å². The highest BCUT2D eigenvalue weighted by Crippen LogP contribution is 2.43. The van der Waals surface area contributed by atoms with Crippen molar-refractivity contribution in [2.24, 2.45) is 0 Å². The third-order valence-electron chi connectivity index (χ3n) is 22.1. The van der Waals surface area contributed by atoms with Gasteiger partial charge in [0.2, 0.25) is 0 Å². The number of carbonyl (C=O) groups excluding carboxylic acids is 6. The first-order valence-corrected chi connectivity index (χ1v) is 44.2. The molecule has 0 fully saturated rings. The maximum atomic E-state index is 15.6. The summed E-state index contributed by atoms with van der Waals surface area (Å²) in [5.41, 5.74) is 9.46. The number of rotatable bonds is 41. The summed E-state index contributed by atoms with van der Waals surface area (Å²) in [5.74, 6) is -4.17. The van der Waals surface area contributed by atoms with Crippen LogP contribution in [-0.2, 0) is 167 Å². The molecule has 0 aliphatic carbocycles. The average Bonchev–Trinajstić information content (AvgIpc) is 1.60. The molecule has 0 radical (unpaired) electrons. The first-order chi connectivity index (χ1) is 55.9. The number of benzene rings is 6. The highest BCUT2D eigenvalue weighted by Gasteiger charge is 2.46. The highest BCUT2D eigenvalue weighted by atomic mass is 16.6. The Labute approximate surface area is 717 Å². The van der Waals surface area contributed by atoms with E-state index in [4.69, 9.17) is 28.4 Å². The molecule has 0 aliphatic heterocycles. The van der Waals surface area contributed by atoms with Crippen LogP contribution in [-0.4, -0.2) is 104 Å². The fourth-order valence-corrected chi connectivity index (χ4v) is 15.6. The minimum atomic E-state index is -2.05. The Balaban J connectivity index is 1.64. The molecule has 120 heavy (non-hydrogen) atoms. The molecule has 0 aliphatic rings. The van der Waals surface area contributed by atoms with E-state index in [2.05, 4.69) is 0 Å². The number of hydrogen-bond acceptors (Lipinski definition) is 18. The molecule has 0 bridgehead atoms. The maximum absolute atomic E-state index is 15.6. The molecule has 6 rings (SSSR count). The average molecular weight is 1660 g/mol. The van der Waals surface area contributed by atoms with Crippen LogP contribution < -0.4 is 0 Å². The molecular formula is C102H146O18. The van der Waals surface area contributed by atoms with Gasteiger partial charge in [0.25, 0.3) is 0 Å². The standard InChI is InChI=1S/C102H146O18/c1-25-31-69-49-63(55-75(89(69)109)97(7,8)9)37-43-83(103)115-61-81(117-85(105)45-39-65-51-71(33-27-3)91(111)77(57-65)99(13,14)15)95(119-87(107)47-41-67-53-73(35-29-5)93(113)79(59-67)101(19,20)21)96(120-88(108)48-42-68-54-74(36-30-6)94(114)80(60-68)102(22,23)24)82(118-86(106)46-40-66-52-72(34-28-4)92(112)78(58-66)100(16,17)18)62-116-84(104)44-38-64-50-70(32-26-2)90(110)76(56-64)98(10,11)12/h49-60,81-82,95-96,109-114H,25-48,61-62H2,1-24H3/t81-,82+,95-,96-/m1/s1. The molecule has 18 heteroatoms. The minimum absolute atomic E-state index is 0.0402. The maximum Gasteiger partial charge on any atom is 0.306 e. The van der Waals surface area contributed by atoms with Crippen LogP contribution in [0.3, 0.4) is 0 Å². The lowest BCUT2D eigenvalue weighted by molar-refractivity contribution is -0.209. The Morgan fingerprint density at radius 1 is 0.242 bits per heavy atom. The number of aromatic hydroxyl groups is 6. The summed E-state index contributed by atoms with van der Waals surface area (Å²) in [4.78, 5) is 91.7. The van der Waals surface area contributed by atoms with E-state index in [0.29, 0.717) is 142 Å². The molecule has 0 unspecified atom stereocenters. The van der Waals surface area contributed by atoms with Gasteiger partial charge in [-0.3, -0.25) is 28.8 Å². The van der Waals surface area contributed by atoms with Crippen LogP contribution in [0.25, 0.3) is 0 Å². The van der Waals surface area contributed by atoms with Crippen molar-refractivity contribution in [3.05, 3.63) is 173 Å². The zero-order valence-electron chi connectivity index (χ0n) is 77.2. The van der Waals surface area contributed by atoms with Crippen molar-refractivity contribution >= 4 is 35.8 Å². The number of phenolic OH excluding ortho intramolecular Hbond substituents is 6. The molecule has 6 N–H and O–H groups in total. The number of phenols is 6. The van der Waals surface area contributed by atoms with E-state index in [1.165, 1.54) is 0 Å². The topological polar surface area (TPSA) is 279 Å². The van der Waals surface area contributed by atoms with Crippen LogP contribution in [0.15, 0.2) is 72.8 Å². The quantitative estimate of drug-likeness (QED) is 0.0154. The van der Waals surface area contributed by atoms with E-state index in [-0.39, 0.29) is 112 Å². The summed E-state index contributed by atoms with van der Waals surface area (Å²) in [7, 11) is 0. The second-order valence-electron chi connectivity index (χ2n) is 39.2. The van der Waals surface area contributed by atoms with Crippen molar-refractivity contribution in [3.8, 4) is 34.5 Å². The zero-order chi connectivity index (χ0) is 89.7. The van der Waals surface area contributed by atoms with Crippen LogP contribution in [0.1, 0.15) is 343 Å². The molecule has 18 nitrogen and oxygen atoms in total. The van der Waals surface area contributed by atoms with Crippen LogP contribution in [0.5, 0.6) is 34.5 Å². The fraction of sp³-hybridized carbons (Fsp3) is 0.588. The lowest BCUT2D eigenvalue weighted by atomic mass is 9.83. The van der Waals surface area contributed by atoms with Gasteiger partial charge in [0.1, 0.15) is 47.7 Å². The molecule has 6 aromatic rings. The largest absolute Gasteiger partial charge is 0.507 e. The van der Waals surface area contributed by atoms with Gasteiger partial charge in [0, 0.05) is 38.5 Å². The summed E-state index contributed by atoms with van der Waals surface area (Å²) < 4.78 is 39.4. The summed E-state index contributed by atoms with van der Waals surface area (Å²) in [6, 6.07) is 22.3. The van der Waals surface area contributed by atoms with E-state index in [0.717, 1.165) is 35.1 Å². The minimum Gasteiger partial charge on any atom is -0.507 e. The Morgan fingerprint density at radius 3 is 0.558 bits per heavy atom. The third-order valence-corrected chi connectivity index (χ3v) is 22.1. The molecule has 0 amide bonds. The summed E-state index contributed by atoms with van der Waals surface area (Å²) in [6.45, 7) is 46.1. The lowest BCUT2D eigenvalue weighted by Gasteiger charge is -2.36. The predicted octanol–water partition coefficient (Wildman–Crippen LogP) is 21.3. The van der Waals surface area contributed by atoms with Gasteiger partial charge in [-0.1, -0.05) is 277 Å². The van der Waals surface area contributed by atoms with Gasteiger partial charge in [0.15, 0.2) is 24.4 Å². The van der Waals surface area contributed by atoms with Gasteiger partial charge < -0.3 is 59.1 Å². The zero-order valence-corrected chi connectivity index (χ0v) is 77.2. The van der Waals surface area contributed by atoms with Crippen molar-refractivity contribution in [2.45, 2.75) is 377 Å². The Morgan fingerprint density at radius 2 is 0.400 bits per heavy atom. The lowest BCUT2D eigenvalue weighted by Crippen LogP contribution is -2.54. The predicted molar refractivity (Wildman–Crippen MR) is 476 cm³/mol. The van der Waals surface area contributed by atoms with E-state index in [1.807, 2.05) is 239 Å². The number of aryl methyl sites for hydroxylation is 12. The van der Waals surface area contributed by atoms with Crippen molar-refractivity contribution in [1.82, 2.24) is 0 Å². The van der Waals surface area contributed by atoms with E-state index in [1.54, 1.807) is 0 Å². The first kappa shape index (κ1) is 99.8. The molecule has 0 spiro atoms. The SMILES string of the molecule is CCCc1cc(CCC(=O)OC[C@H](OC(=O)CCc2cc(CCC)c(O)c(C(C)(C)C)c2)[C@@H](OC(=O)CCc2cc(CCC)c(O)c(C(C)(C)C)c2)[C@H](OC(=O)CCc2cc(CCC)c(O)c(C(C)(C)C)c2)[C@@H](COC(=O)CCc2cc(CCC)c(O)c(C(C)(C)C)c2)OC(=O)CCc2cc(CCC)c(O)c(C(C)(C)C)c2)cc(C(C)(C)C)c1O. The van der Waals surface area contributed by atoms with Gasteiger partial charge in [-0.2, -0.15) is 0 Å². The van der Waals surface area contributed by atoms with E-state index >= 15 is 19.2 Å². The molecular weight excluding hydrogens is 1510 g/mol. The van der Waals surface area contributed by atoms with E-state index < -0.39 is 106 Å². The summed E-state index contributed by atoms with van der Waals surface area (Å²) in [6.07, 6.45) is -1.62. The second kappa shape index (κ2) is 43.6. The first-order valence-electron chi connectivity index (χ1n) is 44.2. The molecule has 0 aromatic heterocycles. The normalized spacial score (nSPS) is 13.3. The molecule has 0 saturated heterocycles. The van der Waals surface area contributed by atoms with Crippen molar-refractivity contribution in [3.63, 3.8) is 0 Å². The summed E-state index contributed by atoms with van der Waals surface area (Å²) >= 11 is 0. The van der Waals surface area contributed by atoms with Crippen LogP contribution in [0.2, 0.25) is 0 Å². The van der Waals surface area contributed by atoms with Gasteiger partial charge in [0.05, 0.1) is 0 Å². The van der Waals surface area contributed by atoms with Crippen molar-refractivity contribution < 1.29 is 87.8 Å². The highest BCUT2D eigenvalue weighted by molar-refractivity contribution is 5.75. The van der Waals surface area contributed by atoms with Gasteiger partial charge in [-0.15, -0.1) is 0 Å². The number of esters is 6. The van der Waals surface area contributed by atoms with Gasteiger partial charge >= 0.3 is 35.8 Å². The Kier molecular flexibility index (Phi) is 36.3. The monoisotopic (exact) mass is 1660 g/mol. The Hall–Kier alpha value is -9.06. The number of ether oxygens (including phenoxy) is 6. The molecule has 662 valence electrons. The second-order valence-corrected chi connectivity index (χ2v) is 39.2. The number of carbonyl (C=O) groups is 6. The van der Waals surface area contributed by atoms with Crippen LogP contribution >= 0.6 is 0 Å².